The standard InChI is InChI=1S/C15H23NO3/c1-16(9-7-12-5-3-2-4-6-12)11-13-8-10-19-14(13)15(17)18/h8,10,12H,2-7,9,11H2,1H3,(H,17,18). The highest BCUT2D eigenvalue weighted by molar-refractivity contribution is 5.86. The average Bonchev–Trinajstić information content (AvgIpc) is 2.86. The molecular weight excluding hydrogens is 242 g/mol. The summed E-state index contributed by atoms with van der Waals surface area (Å²) < 4.78 is 5.00. The maximum atomic E-state index is 11.0. The first-order valence-electron chi connectivity index (χ1n) is 7.15. The Morgan fingerprint density at radius 2 is 2.16 bits per heavy atom. The van der Waals surface area contributed by atoms with Crippen LogP contribution in [0.1, 0.15) is 54.6 Å². The van der Waals surface area contributed by atoms with E-state index in [1.54, 1.807) is 6.07 Å². The van der Waals surface area contributed by atoms with Crippen molar-refractivity contribution in [2.24, 2.45) is 5.92 Å². The molecule has 1 aromatic rings. The Hall–Kier alpha value is -1.29. The van der Waals surface area contributed by atoms with E-state index in [1.807, 2.05) is 7.05 Å². The molecule has 0 atom stereocenters. The van der Waals surface area contributed by atoms with Crippen LogP contribution in [-0.2, 0) is 6.54 Å². The second kappa shape index (κ2) is 6.75. The fourth-order valence-corrected chi connectivity index (χ4v) is 2.90. The molecule has 0 spiro atoms. The highest BCUT2D eigenvalue weighted by atomic mass is 16.4. The van der Waals surface area contributed by atoms with E-state index in [2.05, 4.69) is 4.90 Å². The van der Waals surface area contributed by atoms with Crippen molar-refractivity contribution in [1.82, 2.24) is 4.90 Å². The molecule has 0 aliphatic heterocycles. The van der Waals surface area contributed by atoms with Crippen molar-refractivity contribution >= 4 is 5.97 Å². The van der Waals surface area contributed by atoms with Gasteiger partial charge in [0.25, 0.3) is 0 Å². The summed E-state index contributed by atoms with van der Waals surface area (Å²) in [5, 5.41) is 8.99. The third kappa shape index (κ3) is 4.10. The van der Waals surface area contributed by atoms with Crippen LogP contribution in [0.5, 0.6) is 0 Å². The van der Waals surface area contributed by atoms with Gasteiger partial charge >= 0.3 is 5.97 Å². The highest BCUT2D eigenvalue weighted by Crippen LogP contribution is 2.26. The van der Waals surface area contributed by atoms with Crippen molar-refractivity contribution in [2.75, 3.05) is 13.6 Å². The lowest BCUT2D eigenvalue weighted by molar-refractivity contribution is 0.0659. The van der Waals surface area contributed by atoms with Gasteiger partial charge in [0.05, 0.1) is 6.26 Å². The zero-order valence-corrected chi connectivity index (χ0v) is 11.6. The molecular formula is C15H23NO3. The van der Waals surface area contributed by atoms with Crippen LogP contribution >= 0.6 is 0 Å². The summed E-state index contributed by atoms with van der Waals surface area (Å²) >= 11 is 0. The summed E-state index contributed by atoms with van der Waals surface area (Å²) in [5.74, 6) is -0.0512. The van der Waals surface area contributed by atoms with Crippen LogP contribution in [0.2, 0.25) is 0 Å². The van der Waals surface area contributed by atoms with E-state index >= 15 is 0 Å². The van der Waals surface area contributed by atoms with Crippen LogP contribution in [0, 0.1) is 5.92 Å². The topological polar surface area (TPSA) is 53.7 Å². The maximum Gasteiger partial charge on any atom is 0.372 e. The SMILES string of the molecule is CN(CCC1CCCCC1)Cc1ccoc1C(=O)O. The van der Waals surface area contributed by atoms with E-state index in [1.165, 1.54) is 44.8 Å². The number of carboxylic acids is 1. The van der Waals surface area contributed by atoms with Gasteiger partial charge in [0.2, 0.25) is 5.76 Å². The summed E-state index contributed by atoms with van der Waals surface area (Å²) in [6.45, 7) is 1.67. The zero-order chi connectivity index (χ0) is 13.7. The van der Waals surface area contributed by atoms with Gasteiger partial charge in [-0.3, -0.25) is 0 Å². The molecule has 1 aromatic heterocycles. The molecule has 1 heterocycles. The van der Waals surface area contributed by atoms with E-state index in [-0.39, 0.29) is 5.76 Å². The first-order valence-corrected chi connectivity index (χ1v) is 7.15. The molecule has 2 rings (SSSR count). The molecule has 1 saturated carbocycles. The second-order valence-corrected chi connectivity index (χ2v) is 5.61. The lowest BCUT2D eigenvalue weighted by atomic mass is 9.87. The minimum Gasteiger partial charge on any atom is -0.475 e. The molecule has 0 bridgehead atoms. The molecule has 4 heteroatoms. The Labute approximate surface area is 114 Å². The second-order valence-electron chi connectivity index (χ2n) is 5.61. The molecule has 0 unspecified atom stereocenters. The molecule has 0 saturated heterocycles. The third-order valence-corrected chi connectivity index (χ3v) is 4.03. The largest absolute Gasteiger partial charge is 0.475 e. The molecule has 4 nitrogen and oxygen atoms in total. The van der Waals surface area contributed by atoms with Crippen molar-refractivity contribution in [3.63, 3.8) is 0 Å². The van der Waals surface area contributed by atoms with Crippen LogP contribution in [-0.4, -0.2) is 29.6 Å². The number of carboxylic acid groups (broad SMARTS) is 1. The summed E-state index contributed by atoms with van der Waals surface area (Å²) in [6.07, 6.45) is 9.53. The Morgan fingerprint density at radius 3 is 2.84 bits per heavy atom. The molecule has 1 aliphatic carbocycles. The molecule has 1 N–H and O–H groups in total. The number of aromatic carboxylic acids is 1. The molecule has 0 amide bonds. The van der Waals surface area contributed by atoms with E-state index in [0.717, 1.165) is 18.0 Å². The number of furan rings is 1. The normalized spacial score (nSPS) is 16.9. The van der Waals surface area contributed by atoms with Gasteiger partial charge in [0.1, 0.15) is 0 Å². The average molecular weight is 265 g/mol. The van der Waals surface area contributed by atoms with Crippen LogP contribution in [0.15, 0.2) is 16.7 Å². The monoisotopic (exact) mass is 265 g/mol. The summed E-state index contributed by atoms with van der Waals surface area (Å²) in [7, 11) is 2.04. The lowest BCUT2D eigenvalue weighted by Crippen LogP contribution is -2.22. The molecule has 0 radical (unpaired) electrons. The molecule has 1 fully saturated rings. The lowest BCUT2D eigenvalue weighted by Gasteiger charge is -2.24. The van der Waals surface area contributed by atoms with Crippen molar-refractivity contribution in [2.45, 2.75) is 45.1 Å². The summed E-state index contributed by atoms with van der Waals surface area (Å²) in [4.78, 5) is 13.1. The number of carbonyl (C=O) groups is 1. The Bertz CT molecular complexity index is 407. The molecule has 1 aliphatic rings. The van der Waals surface area contributed by atoms with Gasteiger partial charge in [0, 0.05) is 12.1 Å². The number of rotatable bonds is 6. The number of nitrogens with zero attached hydrogens (tertiary/aromatic N) is 1. The van der Waals surface area contributed by atoms with E-state index < -0.39 is 5.97 Å². The van der Waals surface area contributed by atoms with Crippen LogP contribution in [0.3, 0.4) is 0 Å². The van der Waals surface area contributed by atoms with Crippen LogP contribution in [0.4, 0.5) is 0 Å². The highest BCUT2D eigenvalue weighted by Gasteiger charge is 2.17. The van der Waals surface area contributed by atoms with Crippen LogP contribution < -0.4 is 0 Å². The first kappa shape index (κ1) is 14.1. The van der Waals surface area contributed by atoms with Gasteiger partial charge in [-0.1, -0.05) is 32.1 Å². The van der Waals surface area contributed by atoms with E-state index in [9.17, 15) is 4.79 Å². The Balaban J connectivity index is 1.78. The fourth-order valence-electron chi connectivity index (χ4n) is 2.90. The number of hydrogen-bond acceptors (Lipinski definition) is 3. The first-order chi connectivity index (χ1) is 9.16. The van der Waals surface area contributed by atoms with Gasteiger partial charge in [-0.2, -0.15) is 0 Å². The predicted molar refractivity (Wildman–Crippen MR) is 73.2 cm³/mol. The Morgan fingerprint density at radius 1 is 1.42 bits per heavy atom. The predicted octanol–water partition coefficient (Wildman–Crippen LogP) is 3.38. The van der Waals surface area contributed by atoms with Crippen molar-refractivity contribution < 1.29 is 14.3 Å². The number of hydrogen-bond donors (Lipinski definition) is 1. The maximum absolute atomic E-state index is 11.0. The fraction of sp³-hybridized carbons (Fsp3) is 0.667. The summed E-state index contributed by atoms with van der Waals surface area (Å²) in [6, 6.07) is 1.75. The van der Waals surface area contributed by atoms with Gasteiger partial charge in [-0.25, -0.2) is 4.79 Å². The third-order valence-electron chi connectivity index (χ3n) is 4.03. The smallest absolute Gasteiger partial charge is 0.372 e. The minimum atomic E-state index is -0.985. The van der Waals surface area contributed by atoms with Crippen LogP contribution in [0.25, 0.3) is 0 Å². The van der Waals surface area contributed by atoms with Crippen molar-refractivity contribution in [3.05, 3.63) is 23.7 Å². The molecule has 19 heavy (non-hydrogen) atoms. The van der Waals surface area contributed by atoms with Gasteiger partial charge in [-0.15, -0.1) is 0 Å². The molecule has 0 aromatic carbocycles. The van der Waals surface area contributed by atoms with Gasteiger partial charge in [-0.05, 0) is 32.0 Å². The summed E-state index contributed by atoms with van der Waals surface area (Å²) in [5.41, 5.74) is 0.763. The quantitative estimate of drug-likeness (QED) is 0.856. The van der Waals surface area contributed by atoms with Gasteiger partial charge < -0.3 is 14.4 Å². The van der Waals surface area contributed by atoms with Crippen molar-refractivity contribution in [1.29, 1.82) is 0 Å². The zero-order valence-electron chi connectivity index (χ0n) is 11.6. The minimum absolute atomic E-state index is 0.0736. The Kier molecular flexibility index (Phi) is 5.02. The van der Waals surface area contributed by atoms with E-state index in [0.29, 0.717) is 6.54 Å². The van der Waals surface area contributed by atoms with Gasteiger partial charge in [0.15, 0.2) is 0 Å². The molecule has 106 valence electrons. The van der Waals surface area contributed by atoms with Crippen molar-refractivity contribution in [3.8, 4) is 0 Å². The van der Waals surface area contributed by atoms with E-state index in [4.69, 9.17) is 9.52 Å².